The SMILES string of the molecule is COc1ccccc1C(=O)Nc1nnc(C(F)(F)F)s1. The molecule has 0 saturated carbocycles. The first-order valence-corrected chi connectivity index (χ1v) is 6.08. The number of para-hydroxylation sites is 1. The fourth-order valence-electron chi connectivity index (χ4n) is 1.38. The van der Waals surface area contributed by atoms with Crippen LogP contribution in [0.3, 0.4) is 0 Å². The number of nitrogens with one attached hydrogen (secondary N) is 1. The Morgan fingerprint density at radius 1 is 1.30 bits per heavy atom. The predicted octanol–water partition coefficient (Wildman–Crippen LogP) is 2.82. The Morgan fingerprint density at radius 3 is 2.60 bits per heavy atom. The maximum Gasteiger partial charge on any atom is 0.445 e. The average molecular weight is 303 g/mol. The van der Waals surface area contributed by atoms with Gasteiger partial charge in [0, 0.05) is 0 Å². The van der Waals surface area contributed by atoms with Crippen LogP contribution in [0.2, 0.25) is 0 Å². The predicted molar refractivity (Wildman–Crippen MR) is 65.9 cm³/mol. The molecule has 0 saturated heterocycles. The zero-order valence-corrected chi connectivity index (χ0v) is 10.9. The van der Waals surface area contributed by atoms with Crippen molar-refractivity contribution in [3.63, 3.8) is 0 Å². The molecule has 1 aromatic carbocycles. The van der Waals surface area contributed by atoms with Crippen LogP contribution in [0.4, 0.5) is 18.3 Å². The van der Waals surface area contributed by atoms with Crippen molar-refractivity contribution in [1.29, 1.82) is 0 Å². The number of methoxy groups -OCH3 is 1. The standard InChI is InChI=1S/C11H8F3N3O2S/c1-19-7-5-3-2-4-6(7)8(18)15-10-17-16-9(20-10)11(12,13)14/h2-5H,1H3,(H,15,17,18). The number of amides is 1. The molecule has 2 aromatic rings. The topological polar surface area (TPSA) is 64.1 Å². The minimum absolute atomic E-state index is 0.193. The number of carbonyl (C=O) groups excluding carboxylic acids is 1. The average Bonchev–Trinajstić information content (AvgIpc) is 2.87. The molecular formula is C11H8F3N3O2S. The van der Waals surface area contributed by atoms with Crippen molar-refractivity contribution in [2.24, 2.45) is 0 Å². The summed E-state index contributed by atoms with van der Waals surface area (Å²) in [6.07, 6.45) is -4.58. The first-order valence-electron chi connectivity index (χ1n) is 5.27. The van der Waals surface area contributed by atoms with Gasteiger partial charge in [0.1, 0.15) is 5.75 Å². The van der Waals surface area contributed by atoms with Crippen molar-refractivity contribution in [2.75, 3.05) is 12.4 Å². The second-order valence-electron chi connectivity index (χ2n) is 3.56. The third-order valence-electron chi connectivity index (χ3n) is 2.24. The van der Waals surface area contributed by atoms with Gasteiger partial charge in [0.25, 0.3) is 5.91 Å². The highest BCUT2D eigenvalue weighted by atomic mass is 32.1. The number of halogens is 3. The lowest BCUT2D eigenvalue weighted by Crippen LogP contribution is -2.12. The molecule has 0 aliphatic carbocycles. The lowest BCUT2D eigenvalue weighted by molar-refractivity contribution is -0.138. The molecule has 0 bridgehead atoms. The maximum atomic E-state index is 12.4. The highest BCUT2D eigenvalue weighted by Gasteiger charge is 2.35. The molecule has 0 atom stereocenters. The second kappa shape index (κ2) is 5.45. The van der Waals surface area contributed by atoms with Gasteiger partial charge in [0.05, 0.1) is 12.7 Å². The summed E-state index contributed by atoms with van der Waals surface area (Å²) < 4.78 is 42.1. The number of ether oxygens (including phenoxy) is 1. The van der Waals surface area contributed by atoms with E-state index in [1.54, 1.807) is 18.2 Å². The summed E-state index contributed by atoms with van der Waals surface area (Å²) in [6.45, 7) is 0. The molecular weight excluding hydrogens is 295 g/mol. The Balaban J connectivity index is 2.18. The van der Waals surface area contributed by atoms with Crippen LogP contribution in [0.25, 0.3) is 0 Å². The molecule has 0 unspecified atom stereocenters. The van der Waals surface area contributed by atoms with E-state index in [0.717, 1.165) is 0 Å². The lowest BCUT2D eigenvalue weighted by atomic mass is 10.2. The van der Waals surface area contributed by atoms with Crippen LogP contribution in [0, 0.1) is 0 Å². The van der Waals surface area contributed by atoms with E-state index in [9.17, 15) is 18.0 Å². The van der Waals surface area contributed by atoms with Gasteiger partial charge in [-0.2, -0.15) is 13.2 Å². The van der Waals surface area contributed by atoms with E-state index in [1.165, 1.54) is 13.2 Å². The van der Waals surface area contributed by atoms with Gasteiger partial charge in [-0.15, -0.1) is 10.2 Å². The Bertz CT molecular complexity index is 627. The van der Waals surface area contributed by atoms with Crippen molar-refractivity contribution in [2.45, 2.75) is 6.18 Å². The summed E-state index contributed by atoms with van der Waals surface area (Å²) in [5.74, 6) is -0.308. The molecule has 1 N–H and O–H groups in total. The summed E-state index contributed by atoms with van der Waals surface area (Å²) in [5, 5.41) is 7.16. The summed E-state index contributed by atoms with van der Waals surface area (Å²) in [5.41, 5.74) is 0.193. The highest BCUT2D eigenvalue weighted by Crippen LogP contribution is 2.33. The van der Waals surface area contributed by atoms with Gasteiger partial charge in [-0.05, 0) is 12.1 Å². The normalized spacial score (nSPS) is 11.2. The highest BCUT2D eigenvalue weighted by molar-refractivity contribution is 7.15. The van der Waals surface area contributed by atoms with Crippen LogP contribution in [0.1, 0.15) is 15.4 Å². The molecule has 106 valence electrons. The smallest absolute Gasteiger partial charge is 0.445 e. The fourth-order valence-corrected chi connectivity index (χ4v) is 1.99. The molecule has 1 aromatic heterocycles. The van der Waals surface area contributed by atoms with Gasteiger partial charge in [-0.3, -0.25) is 10.1 Å². The van der Waals surface area contributed by atoms with Gasteiger partial charge in [-0.25, -0.2) is 0 Å². The number of alkyl halides is 3. The van der Waals surface area contributed by atoms with Crippen molar-refractivity contribution in [1.82, 2.24) is 10.2 Å². The molecule has 20 heavy (non-hydrogen) atoms. The van der Waals surface area contributed by atoms with E-state index in [0.29, 0.717) is 5.75 Å². The first-order chi connectivity index (χ1) is 9.41. The molecule has 1 amide bonds. The summed E-state index contributed by atoms with van der Waals surface area (Å²) in [6, 6.07) is 6.33. The Kier molecular flexibility index (Phi) is 3.89. The number of hydrogen-bond acceptors (Lipinski definition) is 5. The number of anilines is 1. The van der Waals surface area contributed by atoms with Crippen LogP contribution >= 0.6 is 11.3 Å². The van der Waals surface area contributed by atoms with Gasteiger partial charge in [-0.1, -0.05) is 23.5 Å². The first kappa shape index (κ1) is 14.3. The number of benzene rings is 1. The number of hydrogen-bond donors (Lipinski definition) is 1. The molecule has 0 fully saturated rings. The summed E-state index contributed by atoms with van der Waals surface area (Å²) in [4.78, 5) is 11.9. The van der Waals surface area contributed by atoms with Crippen LogP contribution in [-0.2, 0) is 6.18 Å². The van der Waals surface area contributed by atoms with Gasteiger partial charge in [0.15, 0.2) is 0 Å². The van der Waals surface area contributed by atoms with E-state index in [2.05, 4.69) is 15.5 Å². The van der Waals surface area contributed by atoms with Crippen molar-refractivity contribution in [3.05, 3.63) is 34.8 Å². The summed E-state index contributed by atoms with van der Waals surface area (Å²) in [7, 11) is 1.39. The van der Waals surface area contributed by atoms with Gasteiger partial charge in [0.2, 0.25) is 10.1 Å². The molecule has 1 heterocycles. The Morgan fingerprint density at radius 2 is 2.00 bits per heavy atom. The molecule has 5 nitrogen and oxygen atoms in total. The number of nitrogens with zero attached hydrogens (tertiary/aromatic N) is 2. The van der Waals surface area contributed by atoms with Crippen molar-refractivity contribution in [3.8, 4) is 5.75 Å². The number of aromatic nitrogens is 2. The van der Waals surface area contributed by atoms with E-state index in [4.69, 9.17) is 4.74 Å². The lowest BCUT2D eigenvalue weighted by Gasteiger charge is -2.06. The molecule has 0 aliphatic heterocycles. The molecule has 2 rings (SSSR count). The van der Waals surface area contributed by atoms with Gasteiger partial charge < -0.3 is 4.74 Å². The van der Waals surface area contributed by atoms with Crippen LogP contribution in [-0.4, -0.2) is 23.2 Å². The van der Waals surface area contributed by atoms with Crippen LogP contribution in [0.15, 0.2) is 24.3 Å². The van der Waals surface area contributed by atoms with E-state index in [1.807, 2.05) is 0 Å². The van der Waals surface area contributed by atoms with Crippen LogP contribution < -0.4 is 10.1 Å². The monoisotopic (exact) mass is 303 g/mol. The van der Waals surface area contributed by atoms with Crippen molar-refractivity contribution >= 4 is 22.4 Å². The number of carbonyl (C=O) groups is 1. The van der Waals surface area contributed by atoms with E-state index >= 15 is 0 Å². The third kappa shape index (κ3) is 3.05. The summed E-state index contributed by atoms with van der Waals surface area (Å²) >= 11 is 0.256. The minimum Gasteiger partial charge on any atom is -0.496 e. The third-order valence-corrected chi connectivity index (χ3v) is 3.12. The zero-order valence-electron chi connectivity index (χ0n) is 10.1. The van der Waals surface area contributed by atoms with Gasteiger partial charge >= 0.3 is 6.18 Å². The molecule has 0 radical (unpaired) electrons. The number of rotatable bonds is 3. The fraction of sp³-hybridized carbons (Fsp3) is 0.182. The largest absolute Gasteiger partial charge is 0.496 e. The molecule has 0 aliphatic rings. The molecule has 9 heteroatoms. The quantitative estimate of drug-likeness (QED) is 0.947. The molecule has 0 spiro atoms. The zero-order chi connectivity index (χ0) is 14.8. The minimum atomic E-state index is -4.58. The van der Waals surface area contributed by atoms with Crippen LogP contribution in [0.5, 0.6) is 5.75 Å². The Labute approximate surface area is 115 Å². The van der Waals surface area contributed by atoms with E-state index < -0.39 is 17.1 Å². The Hall–Kier alpha value is -2.16. The second-order valence-corrected chi connectivity index (χ2v) is 4.54. The van der Waals surface area contributed by atoms with Crippen molar-refractivity contribution < 1.29 is 22.7 Å². The maximum absolute atomic E-state index is 12.4. The van der Waals surface area contributed by atoms with E-state index in [-0.39, 0.29) is 22.0 Å².